The Hall–Kier alpha value is -1.30. The van der Waals surface area contributed by atoms with Crippen LogP contribution in [0.3, 0.4) is 0 Å². The molecule has 1 rings (SSSR count). The predicted octanol–water partition coefficient (Wildman–Crippen LogP) is 2.12. The van der Waals surface area contributed by atoms with Gasteiger partial charge in [0.1, 0.15) is 6.07 Å². The van der Waals surface area contributed by atoms with Crippen molar-refractivity contribution in [2.75, 3.05) is 0 Å². The van der Waals surface area contributed by atoms with Crippen LogP contribution in [0.4, 0.5) is 8.78 Å². The zero-order valence-electron chi connectivity index (χ0n) is 7.75. The van der Waals surface area contributed by atoms with Gasteiger partial charge in [-0.15, -0.1) is 0 Å². The monoisotopic (exact) mass is 338 g/mol. The molecule has 0 unspecified atom stereocenters. The maximum atomic E-state index is 12.5. The number of carboxylic acid groups (broad SMARTS) is 1. The Kier molecular flexibility index (Phi) is 4.12. The van der Waals surface area contributed by atoms with Crippen molar-refractivity contribution in [3.8, 4) is 6.07 Å². The summed E-state index contributed by atoms with van der Waals surface area (Å²) in [4.78, 5) is 14.1. The van der Waals surface area contributed by atoms with E-state index in [-0.39, 0.29) is 20.4 Å². The van der Waals surface area contributed by atoms with Gasteiger partial charge in [-0.1, -0.05) is 0 Å². The molecule has 1 aromatic rings. The van der Waals surface area contributed by atoms with Crippen LogP contribution in [0.5, 0.6) is 0 Å². The van der Waals surface area contributed by atoms with Crippen LogP contribution in [-0.2, 0) is 11.2 Å². The van der Waals surface area contributed by atoms with Gasteiger partial charge in [0.15, 0.2) is 0 Å². The Bertz CT molecular complexity index is 471. The molecular formula is C9H5F2IN2O2. The molecule has 0 saturated carbocycles. The Labute approximate surface area is 103 Å². The standard InChI is InChI=1S/C9H5F2IN2O2/c10-9(11)5-3-14-6(1-7(15)16)4(2-13)8(5)12/h3,9H,1H2,(H,15,16). The predicted molar refractivity (Wildman–Crippen MR) is 58.0 cm³/mol. The second kappa shape index (κ2) is 5.16. The summed E-state index contributed by atoms with van der Waals surface area (Å²) < 4.78 is 25.0. The molecule has 0 atom stereocenters. The van der Waals surface area contributed by atoms with E-state index in [1.165, 1.54) is 0 Å². The Morgan fingerprint density at radius 3 is 2.75 bits per heavy atom. The van der Waals surface area contributed by atoms with Crippen molar-refractivity contribution in [2.24, 2.45) is 0 Å². The molecule has 16 heavy (non-hydrogen) atoms. The second-order valence-corrected chi connectivity index (χ2v) is 3.91. The SMILES string of the molecule is N#Cc1c(CC(=O)O)ncc(C(F)F)c1I. The van der Waals surface area contributed by atoms with Gasteiger partial charge < -0.3 is 5.11 Å². The topological polar surface area (TPSA) is 74.0 Å². The molecule has 4 nitrogen and oxygen atoms in total. The highest BCUT2D eigenvalue weighted by Gasteiger charge is 2.19. The molecule has 0 aliphatic heterocycles. The van der Waals surface area contributed by atoms with Gasteiger partial charge in [-0.2, -0.15) is 5.26 Å². The number of nitrogens with zero attached hydrogens (tertiary/aromatic N) is 2. The fourth-order valence-corrected chi connectivity index (χ4v) is 1.89. The van der Waals surface area contributed by atoms with Crippen LogP contribution < -0.4 is 0 Å². The molecule has 84 valence electrons. The third kappa shape index (κ3) is 2.63. The molecular weight excluding hydrogens is 333 g/mol. The first-order chi connectivity index (χ1) is 7.47. The molecule has 7 heteroatoms. The number of carbonyl (C=O) groups is 1. The number of aromatic nitrogens is 1. The van der Waals surface area contributed by atoms with Crippen molar-refractivity contribution >= 4 is 28.6 Å². The van der Waals surface area contributed by atoms with Crippen molar-refractivity contribution in [1.29, 1.82) is 5.26 Å². The number of halogens is 3. The van der Waals surface area contributed by atoms with Gasteiger partial charge in [0.25, 0.3) is 6.43 Å². The van der Waals surface area contributed by atoms with E-state index in [2.05, 4.69) is 4.98 Å². The lowest BCUT2D eigenvalue weighted by Crippen LogP contribution is -2.08. The number of nitriles is 1. The van der Waals surface area contributed by atoms with Crippen molar-refractivity contribution in [3.63, 3.8) is 0 Å². The van der Waals surface area contributed by atoms with E-state index >= 15 is 0 Å². The van der Waals surface area contributed by atoms with Gasteiger partial charge in [0.05, 0.1) is 23.2 Å². The third-order valence-electron chi connectivity index (χ3n) is 1.79. The Morgan fingerprint density at radius 1 is 1.69 bits per heavy atom. The summed E-state index contributed by atoms with van der Waals surface area (Å²) >= 11 is 1.59. The summed E-state index contributed by atoms with van der Waals surface area (Å²) in [6.45, 7) is 0. The fourth-order valence-electron chi connectivity index (χ4n) is 1.08. The number of aliphatic carboxylic acids is 1. The lowest BCUT2D eigenvalue weighted by Gasteiger charge is -2.07. The molecule has 0 saturated heterocycles. The summed E-state index contributed by atoms with van der Waals surface area (Å²) in [5, 5.41) is 17.3. The number of hydrogen-bond donors (Lipinski definition) is 1. The minimum atomic E-state index is -2.73. The summed E-state index contributed by atoms with van der Waals surface area (Å²) in [5.74, 6) is -1.16. The van der Waals surface area contributed by atoms with Crippen molar-refractivity contribution in [1.82, 2.24) is 4.98 Å². The molecule has 0 spiro atoms. The highest BCUT2D eigenvalue weighted by atomic mass is 127. The number of carboxylic acids is 1. The maximum absolute atomic E-state index is 12.5. The average molecular weight is 338 g/mol. The Balaban J connectivity index is 3.31. The van der Waals surface area contributed by atoms with Gasteiger partial charge in [-0.05, 0) is 22.6 Å². The zero-order valence-corrected chi connectivity index (χ0v) is 9.90. The van der Waals surface area contributed by atoms with E-state index < -0.39 is 18.8 Å². The molecule has 0 aliphatic carbocycles. The van der Waals surface area contributed by atoms with E-state index in [0.29, 0.717) is 0 Å². The molecule has 1 N–H and O–H groups in total. The molecule has 1 heterocycles. The molecule has 1 aromatic heterocycles. The summed E-state index contributed by atoms with van der Waals surface area (Å²) in [6.07, 6.45) is -2.28. The van der Waals surface area contributed by atoms with Crippen LogP contribution >= 0.6 is 22.6 Å². The molecule has 0 fully saturated rings. The van der Waals surface area contributed by atoms with Gasteiger partial charge in [-0.25, -0.2) is 8.78 Å². The van der Waals surface area contributed by atoms with E-state index in [1.54, 1.807) is 28.7 Å². The highest BCUT2D eigenvalue weighted by molar-refractivity contribution is 14.1. The van der Waals surface area contributed by atoms with Gasteiger partial charge in [0, 0.05) is 9.77 Å². The summed E-state index contributed by atoms with van der Waals surface area (Å²) in [6, 6.07) is 1.70. The molecule has 0 radical (unpaired) electrons. The third-order valence-corrected chi connectivity index (χ3v) is 2.95. The lowest BCUT2D eigenvalue weighted by atomic mass is 10.1. The van der Waals surface area contributed by atoms with Crippen molar-refractivity contribution in [2.45, 2.75) is 12.8 Å². The van der Waals surface area contributed by atoms with Crippen molar-refractivity contribution in [3.05, 3.63) is 26.6 Å². The fraction of sp³-hybridized carbons (Fsp3) is 0.222. The molecule has 0 aromatic carbocycles. The van der Waals surface area contributed by atoms with Crippen LogP contribution in [0.15, 0.2) is 6.20 Å². The van der Waals surface area contributed by atoms with E-state index in [4.69, 9.17) is 10.4 Å². The highest BCUT2D eigenvalue weighted by Crippen LogP contribution is 2.27. The maximum Gasteiger partial charge on any atom is 0.309 e. The first kappa shape index (κ1) is 12.8. The molecule has 0 aliphatic rings. The number of alkyl halides is 2. The van der Waals surface area contributed by atoms with Crippen LogP contribution in [0.2, 0.25) is 0 Å². The van der Waals surface area contributed by atoms with Gasteiger partial charge in [-0.3, -0.25) is 9.78 Å². The first-order valence-electron chi connectivity index (χ1n) is 4.04. The quantitative estimate of drug-likeness (QED) is 0.857. The van der Waals surface area contributed by atoms with Gasteiger partial charge >= 0.3 is 5.97 Å². The largest absolute Gasteiger partial charge is 0.481 e. The minimum Gasteiger partial charge on any atom is -0.481 e. The smallest absolute Gasteiger partial charge is 0.309 e. The van der Waals surface area contributed by atoms with Crippen LogP contribution in [0, 0.1) is 14.9 Å². The summed E-state index contributed by atoms with van der Waals surface area (Å²) in [5.41, 5.74) is -0.448. The zero-order chi connectivity index (χ0) is 12.3. The molecule has 0 amide bonds. The van der Waals surface area contributed by atoms with Crippen LogP contribution in [-0.4, -0.2) is 16.1 Å². The minimum absolute atomic E-state index is 0.00352. The van der Waals surface area contributed by atoms with E-state index in [1.807, 2.05) is 0 Å². The van der Waals surface area contributed by atoms with Crippen molar-refractivity contribution < 1.29 is 18.7 Å². The second-order valence-electron chi connectivity index (χ2n) is 2.83. The normalized spacial score (nSPS) is 10.2. The van der Waals surface area contributed by atoms with E-state index in [9.17, 15) is 13.6 Å². The van der Waals surface area contributed by atoms with Crippen LogP contribution in [0.1, 0.15) is 23.2 Å². The lowest BCUT2D eigenvalue weighted by molar-refractivity contribution is -0.136. The number of hydrogen-bond acceptors (Lipinski definition) is 3. The number of rotatable bonds is 3. The summed E-state index contributed by atoms with van der Waals surface area (Å²) in [7, 11) is 0. The average Bonchev–Trinajstić information content (AvgIpc) is 2.16. The van der Waals surface area contributed by atoms with Gasteiger partial charge in [0.2, 0.25) is 0 Å². The van der Waals surface area contributed by atoms with E-state index in [0.717, 1.165) is 6.20 Å². The van der Waals surface area contributed by atoms with Crippen LogP contribution in [0.25, 0.3) is 0 Å². The Morgan fingerprint density at radius 2 is 2.31 bits per heavy atom. The first-order valence-corrected chi connectivity index (χ1v) is 5.12. The molecule has 0 bridgehead atoms. The number of pyridine rings is 1.